The topological polar surface area (TPSA) is 88.4 Å². The number of carbonyl (C=O) groups excluding carboxylic acids is 2. The molecule has 138 valence electrons. The first kappa shape index (κ1) is 19.7. The SMILES string of the molecule is CCCOc1ccccc1/C=C(\C#N)C(=O)Nc1ccc(C(=O)OC)cc1. The van der Waals surface area contributed by atoms with E-state index in [4.69, 9.17) is 4.74 Å². The Morgan fingerprint density at radius 3 is 2.48 bits per heavy atom. The first-order valence-corrected chi connectivity index (χ1v) is 8.42. The van der Waals surface area contributed by atoms with Crippen molar-refractivity contribution in [2.45, 2.75) is 13.3 Å². The highest BCUT2D eigenvalue weighted by Gasteiger charge is 2.12. The Labute approximate surface area is 158 Å². The van der Waals surface area contributed by atoms with Crippen LogP contribution in [0.15, 0.2) is 54.1 Å². The van der Waals surface area contributed by atoms with Gasteiger partial charge in [-0.25, -0.2) is 4.79 Å². The molecule has 0 aliphatic heterocycles. The quantitative estimate of drug-likeness (QED) is 0.458. The molecule has 6 heteroatoms. The van der Waals surface area contributed by atoms with E-state index in [1.54, 1.807) is 24.3 Å². The molecule has 0 unspecified atom stereocenters. The maximum Gasteiger partial charge on any atom is 0.337 e. The second-order valence-electron chi connectivity index (χ2n) is 5.58. The van der Waals surface area contributed by atoms with Crippen molar-refractivity contribution in [3.63, 3.8) is 0 Å². The van der Waals surface area contributed by atoms with Gasteiger partial charge in [0.25, 0.3) is 5.91 Å². The Balaban J connectivity index is 2.18. The Morgan fingerprint density at radius 1 is 1.15 bits per heavy atom. The molecule has 0 aliphatic carbocycles. The molecular weight excluding hydrogens is 344 g/mol. The van der Waals surface area contributed by atoms with Crippen molar-refractivity contribution < 1.29 is 19.1 Å². The van der Waals surface area contributed by atoms with Crippen molar-refractivity contribution in [2.24, 2.45) is 0 Å². The van der Waals surface area contributed by atoms with Crippen LogP contribution < -0.4 is 10.1 Å². The number of methoxy groups -OCH3 is 1. The maximum atomic E-state index is 12.4. The summed E-state index contributed by atoms with van der Waals surface area (Å²) >= 11 is 0. The van der Waals surface area contributed by atoms with Gasteiger partial charge in [0.2, 0.25) is 0 Å². The van der Waals surface area contributed by atoms with Gasteiger partial charge < -0.3 is 14.8 Å². The zero-order valence-electron chi connectivity index (χ0n) is 15.2. The molecule has 0 atom stereocenters. The molecule has 27 heavy (non-hydrogen) atoms. The summed E-state index contributed by atoms with van der Waals surface area (Å²) in [5, 5.41) is 12.0. The van der Waals surface area contributed by atoms with Gasteiger partial charge in [0.05, 0.1) is 19.3 Å². The molecule has 6 nitrogen and oxygen atoms in total. The van der Waals surface area contributed by atoms with Crippen molar-refractivity contribution in [1.29, 1.82) is 5.26 Å². The van der Waals surface area contributed by atoms with Gasteiger partial charge in [0.15, 0.2) is 0 Å². The normalized spacial score (nSPS) is 10.6. The van der Waals surface area contributed by atoms with Crippen LogP contribution in [0.1, 0.15) is 29.3 Å². The van der Waals surface area contributed by atoms with Crippen molar-refractivity contribution >= 4 is 23.6 Å². The van der Waals surface area contributed by atoms with E-state index >= 15 is 0 Å². The molecule has 0 bridgehead atoms. The maximum absolute atomic E-state index is 12.4. The summed E-state index contributed by atoms with van der Waals surface area (Å²) in [5.41, 5.74) is 1.43. The van der Waals surface area contributed by atoms with Crippen molar-refractivity contribution in [3.05, 3.63) is 65.2 Å². The number of nitrogens with one attached hydrogen (secondary N) is 1. The minimum atomic E-state index is -0.548. The highest BCUT2D eigenvalue weighted by molar-refractivity contribution is 6.10. The first-order valence-electron chi connectivity index (χ1n) is 8.42. The average molecular weight is 364 g/mol. The van der Waals surface area contributed by atoms with Gasteiger partial charge in [-0.3, -0.25) is 4.79 Å². The molecular formula is C21H20N2O4. The van der Waals surface area contributed by atoms with Gasteiger partial charge in [0, 0.05) is 11.3 Å². The molecule has 2 aromatic rings. The van der Waals surface area contributed by atoms with Crippen LogP contribution in [0.5, 0.6) is 5.75 Å². The molecule has 1 N–H and O–H groups in total. The highest BCUT2D eigenvalue weighted by Crippen LogP contribution is 2.22. The van der Waals surface area contributed by atoms with Crippen LogP contribution in [0.4, 0.5) is 5.69 Å². The Kier molecular flexibility index (Phi) is 7.15. The lowest BCUT2D eigenvalue weighted by Crippen LogP contribution is -2.13. The van der Waals surface area contributed by atoms with Gasteiger partial charge in [-0.2, -0.15) is 5.26 Å². The van der Waals surface area contributed by atoms with E-state index in [0.29, 0.717) is 29.2 Å². The summed E-state index contributed by atoms with van der Waals surface area (Å²) in [7, 11) is 1.30. The van der Waals surface area contributed by atoms with Gasteiger partial charge >= 0.3 is 5.97 Å². The number of hydrogen-bond donors (Lipinski definition) is 1. The van der Waals surface area contributed by atoms with E-state index in [1.165, 1.54) is 25.3 Å². The molecule has 0 heterocycles. The lowest BCUT2D eigenvalue weighted by atomic mass is 10.1. The molecule has 2 rings (SSSR count). The number of nitrogens with zero attached hydrogens (tertiary/aromatic N) is 1. The molecule has 0 aliphatic rings. The van der Waals surface area contributed by atoms with E-state index in [0.717, 1.165) is 6.42 Å². The Bertz CT molecular complexity index is 880. The molecule has 2 aromatic carbocycles. The van der Waals surface area contributed by atoms with Gasteiger partial charge in [-0.05, 0) is 42.8 Å². The fourth-order valence-electron chi connectivity index (χ4n) is 2.25. The van der Waals surface area contributed by atoms with Gasteiger partial charge in [-0.15, -0.1) is 0 Å². The number of hydrogen-bond acceptors (Lipinski definition) is 5. The van der Waals surface area contributed by atoms with Crippen LogP contribution in [0.25, 0.3) is 6.08 Å². The zero-order valence-corrected chi connectivity index (χ0v) is 15.2. The molecule has 0 radical (unpaired) electrons. The molecule has 1 amide bonds. The predicted octanol–water partition coefficient (Wildman–Crippen LogP) is 3.81. The lowest BCUT2D eigenvalue weighted by molar-refractivity contribution is -0.112. The number of para-hydroxylation sites is 1. The number of nitriles is 1. The number of esters is 1. The highest BCUT2D eigenvalue weighted by atomic mass is 16.5. The minimum Gasteiger partial charge on any atom is -0.493 e. The predicted molar refractivity (Wildman–Crippen MR) is 102 cm³/mol. The number of benzene rings is 2. The summed E-state index contributed by atoms with van der Waals surface area (Å²) in [6, 6.07) is 15.3. The van der Waals surface area contributed by atoms with Crippen LogP contribution in [0, 0.1) is 11.3 Å². The van der Waals surface area contributed by atoms with Crippen LogP contribution in [0.3, 0.4) is 0 Å². The smallest absolute Gasteiger partial charge is 0.337 e. The minimum absolute atomic E-state index is 0.0559. The number of amides is 1. The van der Waals surface area contributed by atoms with E-state index in [2.05, 4.69) is 10.1 Å². The Morgan fingerprint density at radius 2 is 1.85 bits per heavy atom. The third kappa shape index (κ3) is 5.44. The van der Waals surface area contributed by atoms with Crippen molar-refractivity contribution in [3.8, 4) is 11.8 Å². The van der Waals surface area contributed by atoms with Crippen molar-refractivity contribution in [2.75, 3.05) is 19.0 Å². The van der Waals surface area contributed by atoms with Crippen LogP contribution >= 0.6 is 0 Å². The van der Waals surface area contributed by atoms with Crippen molar-refractivity contribution in [1.82, 2.24) is 0 Å². The number of anilines is 1. The number of carbonyl (C=O) groups is 2. The summed E-state index contributed by atoms with van der Waals surface area (Å²) in [6.07, 6.45) is 2.34. The molecule has 0 fully saturated rings. The van der Waals surface area contributed by atoms with E-state index in [9.17, 15) is 14.9 Å². The summed E-state index contributed by atoms with van der Waals surface area (Å²) in [4.78, 5) is 23.9. The third-order valence-corrected chi connectivity index (χ3v) is 3.61. The van der Waals surface area contributed by atoms with Crippen LogP contribution in [-0.4, -0.2) is 25.6 Å². The molecule has 0 spiro atoms. The van der Waals surface area contributed by atoms with E-state index < -0.39 is 11.9 Å². The largest absolute Gasteiger partial charge is 0.493 e. The number of ether oxygens (including phenoxy) is 2. The molecule has 0 saturated heterocycles. The monoisotopic (exact) mass is 364 g/mol. The summed E-state index contributed by atoms with van der Waals surface area (Å²) in [5.74, 6) is -0.398. The van der Waals surface area contributed by atoms with Crippen LogP contribution in [0.2, 0.25) is 0 Å². The summed E-state index contributed by atoms with van der Waals surface area (Å²) < 4.78 is 10.3. The molecule has 0 aromatic heterocycles. The fraction of sp³-hybridized carbons (Fsp3) is 0.190. The number of rotatable bonds is 7. The standard InChI is InChI=1S/C21H20N2O4/c1-3-12-27-19-7-5-4-6-16(19)13-17(14-22)20(24)23-18-10-8-15(9-11-18)21(25)26-2/h4-11,13H,3,12H2,1-2H3,(H,23,24)/b17-13+. The van der Waals surface area contributed by atoms with Crippen LogP contribution in [-0.2, 0) is 9.53 Å². The van der Waals surface area contributed by atoms with Gasteiger partial charge in [-0.1, -0.05) is 25.1 Å². The van der Waals surface area contributed by atoms with E-state index in [-0.39, 0.29) is 5.57 Å². The van der Waals surface area contributed by atoms with Gasteiger partial charge in [0.1, 0.15) is 17.4 Å². The van der Waals surface area contributed by atoms with E-state index in [1.807, 2.05) is 25.1 Å². The zero-order chi connectivity index (χ0) is 19.6. The molecule has 0 saturated carbocycles. The fourth-order valence-corrected chi connectivity index (χ4v) is 2.25. The first-order chi connectivity index (χ1) is 13.1. The third-order valence-electron chi connectivity index (χ3n) is 3.61. The average Bonchev–Trinajstić information content (AvgIpc) is 2.71. The lowest BCUT2D eigenvalue weighted by Gasteiger charge is -2.09. The second-order valence-corrected chi connectivity index (χ2v) is 5.58. The summed E-state index contributed by atoms with van der Waals surface area (Å²) in [6.45, 7) is 2.55. The second kappa shape index (κ2) is 9.78. The Hall–Kier alpha value is -3.59.